The third-order valence-electron chi connectivity index (χ3n) is 2.87. The molecule has 0 bridgehead atoms. The fourth-order valence-corrected chi connectivity index (χ4v) is 2.07. The number of carbonyl (C=O) groups is 1. The second-order valence-corrected chi connectivity index (χ2v) is 4.67. The van der Waals surface area contributed by atoms with Gasteiger partial charge in [-0.1, -0.05) is 11.6 Å². The van der Waals surface area contributed by atoms with Crippen LogP contribution in [0.3, 0.4) is 0 Å². The zero-order chi connectivity index (χ0) is 13.1. The van der Waals surface area contributed by atoms with Crippen molar-refractivity contribution >= 4 is 17.5 Å². The van der Waals surface area contributed by atoms with Crippen LogP contribution in [-0.2, 0) is 0 Å². The van der Waals surface area contributed by atoms with Gasteiger partial charge in [0.25, 0.3) is 5.91 Å². The molecule has 0 unspecified atom stereocenters. The highest BCUT2D eigenvalue weighted by atomic mass is 35.5. The maximum atomic E-state index is 12.9. The quantitative estimate of drug-likeness (QED) is 0.841. The summed E-state index contributed by atoms with van der Waals surface area (Å²) in [7, 11) is 0. The molecule has 3 nitrogen and oxygen atoms in total. The summed E-state index contributed by atoms with van der Waals surface area (Å²) in [5.41, 5.74) is 0.294. The van der Waals surface area contributed by atoms with Gasteiger partial charge >= 0.3 is 0 Å². The monoisotopic (exact) mass is 266 g/mol. The number of halogens is 2. The van der Waals surface area contributed by atoms with Gasteiger partial charge in [0.15, 0.2) is 0 Å². The molecule has 1 fully saturated rings. The molecule has 0 radical (unpaired) electrons. The fourth-order valence-electron chi connectivity index (χ4n) is 1.82. The summed E-state index contributed by atoms with van der Waals surface area (Å²) in [6.45, 7) is 0.397. The average molecular weight is 267 g/mol. The lowest BCUT2D eigenvalue weighted by atomic mass is 10.2. The normalized spacial score (nSPS) is 14.1. The van der Waals surface area contributed by atoms with Crippen LogP contribution in [0.1, 0.15) is 29.6 Å². The van der Waals surface area contributed by atoms with Gasteiger partial charge in [-0.3, -0.25) is 4.79 Å². The Hall–Kier alpha value is -1.60. The van der Waals surface area contributed by atoms with Crippen molar-refractivity contribution in [3.05, 3.63) is 34.6 Å². The Morgan fingerprint density at radius 3 is 2.83 bits per heavy atom. The number of hydrogen-bond donors (Lipinski definition) is 0. The summed E-state index contributed by atoms with van der Waals surface area (Å²) >= 11 is 5.88. The van der Waals surface area contributed by atoms with Gasteiger partial charge < -0.3 is 4.90 Å². The van der Waals surface area contributed by atoms with Crippen LogP contribution in [0.2, 0.25) is 5.02 Å². The van der Waals surface area contributed by atoms with Crippen LogP contribution < -0.4 is 0 Å². The molecule has 1 aromatic rings. The number of amides is 1. The van der Waals surface area contributed by atoms with Crippen molar-refractivity contribution in [1.29, 1.82) is 5.26 Å². The zero-order valence-electron chi connectivity index (χ0n) is 9.70. The zero-order valence-corrected chi connectivity index (χ0v) is 10.5. The molecule has 0 saturated heterocycles. The number of benzene rings is 1. The second kappa shape index (κ2) is 5.36. The van der Waals surface area contributed by atoms with E-state index in [1.807, 2.05) is 6.07 Å². The van der Waals surface area contributed by atoms with E-state index >= 15 is 0 Å². The predicted octanol–water partition coefficient (Wildman–Crippen LogP) is 3.00. The van der Waals surface area contributed by atoms with Gasteiger partial charge in [-0.05, 0) is 31.0 Å². The average Bonchev–Trinajstić information content (AvgIpc) is 3.13. The van der Waals surface area contributed by atoms with Gasteiger partial charge in [-0.25, -0.2) is 4.39 Å². The van der Waals surface area contributed by atoms with Crippen molar-refractivity contribution in [1.82, 2.24) is 4.90 Å². The highest BCUT2D eigenvalue weighted by Crippen LogP contribution is 2.30. The van der Waals surface area contributed by atoms with Crippen molar-refractivity contribution in [3.8, 4) is 6.07 Å². The number of nitrogens with zero attached hydrogens (tertiary/aromatic N) is 2. The lowest BCUT2D eigenvalue weighted by molar-refractivity contribution is 0.0747. The molecule has 0 atom stereocenters. The van der Waals surface area contributed by atoms with E-state index in [9.17, 15) is 9.18 Å². The number of rotatable bonds is 4. The minimum absolute atomic E-state index is 0.114. The van der Waals surface area contributed by atoms with Crippen molar-refractivity contribution in [2.75, 3.05) is 6.54 Å². The van der Waals surface area contributed by atoms with Gasteiger partial charge in [0.2, 0.25) is 0 Å². The van der Waals surface area contributed by atoms with Crippen LogP contribution in [0.4, 0.5) is 4.39 Å². The third kappa shape index (κ3) is 2.80. The molecule has 1 aliphatic rings. The topological polar surface area (TPSA) is 44.1 Å². The summed E-state index contributed by atoms with van der Waals surface area (Å²) in [6.07, 6.45) is 2.20. The van der Waals surface area contributed by atoms with Gasteiger partial charge in [-0.2, -0.15) is 5.26 Å². The van der Waals surface area contributed by atoms with E-state index in [0.29, 0.717) is 18.5 Å². The van der Waals surface area contributed by atoms with Gasteiger partial charge in [0, 0.05) is 12.6 Å². The summed E-state index contributed by atoms with van der Waals surface area (Å²) in [5, 5.41) is 8.71. The first-order chi connectivity index (χ1) is 8.63. The first-order valence-corrected chi connectivity index (χ1v) is 6.14. The molecule has 0 N–H and O–H groups in total. The molecule has 1 aliphatic carbocycles. The Balaban J connectivity index is 2.19. The van der Waals surface area contributed by atoms with Crippen LogP contribution in [0, 0.1) is 17.1 Å². The Kier molecular flexibility index (Phi) is 3.83. The molecule has 94 valence electrons. The molecule has 2 rings (SSSR count). The van der Waals surface area contributed by atoms with Gasteiger partial charge in [0.05, 0.1) is 23.1 Å². The van der Waals surface area contributed by atoms with Crippen LogP contribution in [0.25, 0.3) is 0 Å². The first-order valence-electron chi connectivity index (χ1n) is 5.76. The van der Waals surface area contributed by atoms with Gasteiger partial charge in [0.1, 0.15) is 5.82 Å². The predicted molar refractivity (Wildman–Crippen MR) is 65.7 cm³/mol. The molecular formula is C13H12ClFN2O. The number of hydrogen-bond acceptors (Lipinski definition) is 2. The standard InChI is InChI=1S/C13H12ClFN2O/c14-12-8-9(15)2-5-11(12)13(18)17(7-1-6-16)10-3-4-10/h2,5,8,10H,1,3-4,7H2. The third-order valence-corrected chi connectivity index (χ3v) is 3.19. The SMILES string of the molecule is N#CCCN(C(=O)c1ccc(F)cc1Cl)C1CC1. The fraction of sp³-hybridized carbons (Fsp3) is 0.385. The number of nitriles is 1. The Morgan fingerprint density at radius 1 is 1.56 bits per heavy atom. The summed E-state index contributed by atoms with van der Waals surface area (Å²) in [4.78, 5) is 13.9. The van der Waals surface area contributed by atoms with E-state index in [1.54, 1.807) is 4.90 Å². The Labute approximate surface area is 110 Å². The Bertz CT molecular complexity index is 508. The molecule has 0 heterocycles. The van der Waals surface area contributed by atoms with Crippen molar-refractivity contribution in [2.45, 2.75) is 25.3 Å². The molecule has 1 amide bonds. The van der Waals surface area contributed by atoms with Crippen LogP contribution in [-0.4, -0.2) is 23.4 Å². The minimum atomic E-state index is -0.466. The molecule has 1 aromatic carbocycles. The van der Waals surface area contributed by atoms with E-state index in [2.05, 4.69) is 0 Å². The summed E-state index contributed by atoms with van der Waals surface area (Å²) < 4.78 is 12.9. The van der Waals surface area contributed by atoms with Crippen LogP contribution >= 0.6 is 11.6 Å². The van der Waals surface area contributed by atoms with E-state index in [4.69, 9.17) is 16.9 Å². The lowest BCUT2D eigenvalue weighted by Gasteiger charge is -2.21. The minimum Gasteiger partial charge on any atom is -0.335 e. The van der Waals surface area contributed by atoms with Crippen molar-refractivity contribution < 1.29 is 9.18 Å². The smallest absolute Gasteiger partial charge is 0.255 e. The number of carbonyl (C=O) groups excluding carboxylic acids is 1. The molecule has 0 aliphatic heterocycles. The van der Waals surface area contributed by atoms with Gasteiger partial charge in [-0.15, -0.1) is 0 Å². The highest BCUT2D eigenvalue weighted by Gasteiger charge is 2.33. The molecule has 0 spiro atoms. The molecule has 0 aromatic heterocycles. The van der Waals surface area contributed by atoms with Crippen molar-refractivity contribution in [2.24, 2.45) is 0 Å². The van der Waals surface area contributed by atoms with Crippen LogP contribution in [0.5, 0.6) is 0 Å². The van der Waals surface area contributed by atoms with Crippen molar-refractivity contribution in [3.63, 3.8) is 0 Å². The lowest BCUT2D eigenvalue weighted by Crippen LogP contribution is -2.34. The second-order valence-electron chi connectivity index (χ2n) is 4.26. The van der Waals surface area contributed by atoms with E-state index in [1.165, 1.54) is 12.1 Å². The first kappa shape index (κ1) is 12.8. The Morgan fingerprint density at radius 2 is 2.28 bits per heavy atom. The van der Waals surface area contributed by atoms with E-state index in [-0.39, 0.29) is 17.0 Å². The summed E-state index contributed by atoms with van der Waals surface area (Å²) in [5.74, 6) is -0.690. The molecule has 5 heteroatoms. The maximum Gasteiger partial charge on any atom is 0.255 e. The summed E-state index contributed by atoms with van der Waals surface area (Å²) in [6, 6.07) is 5.96. The molecule has 1 saturated carbocycles. The highest BCUT2D eigenvalue weighted by molar-refractivity contribution is 6.33. The molecular weight excluding hydrogens is 255 g/mol. The largest absolute Gasteiger partial charge is 0.335 e. The molecule has 18 heavy (non-hydrogen) atoms. The van der Waals surface area contributed by atoms with E-state index < -0.39 is 5.82 Å². The van der Waals surface area contributed by atoms with E-state index in [0.717, 1.165) is 18.9 Å². The maximum absolute atomic E-state index is 12.9. The van der Waals surface area contributed by atoms with Crippen LogP contribution in [0.15, 0.2) is 18.2 Å².